The third kappa shape index (κ3) is 2.72. The summed E-state index contributed by atoms with van der Waals surface area (Å²) in [5.74, 6) is -1.83. The smallest absolute Gasteiger partial charge is 0.325 e. The number of hydrogen-bond acceptors (Lipinski definition) is 4. The molecule has 1 aliphatic rings. The summed E-state index contributed by atoms with van der Waals surface area (Å²) in [6.45, 7) is 5.46. The summed E-state index contributed by atoms with van der Waals surface area (Å²) in [5, 5.41) is 13.7. The number of nitrogens with zero attached hydrogens (tertiary/aromatic N) is 1. The fraction of sp³-hybridized carbons (Fsp3) is 0.769. The average molecular weight is 269 g/mol. The Morgan fingerprint density at radius 2 is 1.79 bits per heavy atom. The fourth-order valence-electron chi connectivity index (χ4n) is 2.70. The Morgan fingerprint density at radius 3 is 2.16 bits per heavy atom. The molecule has 1 fully saturated rings. The summed E-state index contributed by atoms with van der Waals surface area (Å²) in [5.41, 5.74) is -0.941. The van der Waals surface area contributed by atoms with Gasteiger partial charge in [-0.3, -0.25) is 9.69 Å². The zero-order valence-electron chi connectivity index (χ0n) is 11.7. The van der Waals surface area contributed by atoms with Crippen LogP contribution in [0.15, 0.2) is 0 Å². The number of urea groups is 1. The number of aliphatic carboxylic acids is 1. The third-order valence-corrected chi connectivity index (χ3v) is 3.52. The first-order valence-corrected chi connectivity index (χ1v) is 6.80. The first kappa shape index (κ1) is 15.5. The zero-order chi connectivity index (χ0) is 14.6. The van der Waals surface area contributed by atoms with E-state index in [1.807, 2.05) is 13.8 Å². The molecule has 1 heterocycles. The van der Waals surface area contributed by atoms with Crippen LogP contribution >= 0.6 is 0 Å². The maximum atomic E-state index is 12.5. The Balaban J connectivity index is 3.08. The van der Waals surface area contributed by atoms with Crippen LogP contribution in [0.3, 0.4) is 0 Å². The number of nitrogens with one attached hydrogen (secondary N) is 1. The molecule has 0 bridgehead atoms. The lowest BCUT2D eigenvalue weighted by atomic mass is 9.88. The van der Waals surface area contributed by atoms with E-state index < -0.39 is 29.5 Å². The van der Waals surface area contributed by atoms with Crippen LogP contribution in [0.25, 0.3) is 0 Å². The molecule has 1 atom stereocenters. The maximum absolute atomic E-state index is 12.5. The van der Waals surface area contributed by atoms with E-state index in [2.05, 4.69) is 5.32 Å². The number of imide groups is 1. The summed E-state index contributed by atoms with van der Waals surface area (Å²) >= 11 is 0. The van der Waals surface area contributed by atoms with Crippen molar-refractivity contribution in [2.24, 2.45) is 0 Å². The highest BCUT2D eigenvalue weighted by atomic mass is 16.4. The molecule has 1 unspecified atom stereocenters. The molecule has 1 N–H and O–H groups in total. The van der Waals surface area contributed by atoms with Gasteiger partial charge in [0.15, 0.2) is 0 Å². The molecule has 6 nitrogen and oxygen atoms in total. The molecule has 1 aliphatic heterocycles. The molecular weight excluding hydrogens is 248 g/mol. The highest BCUT2D eigenvalue weighted by Crippen LogP contribution is 2.29. The molecule has 0 radical (unpaired) electrons. The van der Waals surface area contributed by atoms with Gasteiger partial charge in [0.1, 0.15) is 5.54 Å². The van der Waals surface area contributed by atoms with Gasteiger partial charge in [-0.05, 0) is 19.3 Å². The number of rotatable bonds is 7. The van der Waals surface area contributed by atoms with E-state index in [1.54, 1.807) is 6.92 Å². The molecule has 0 aromatic carbocycles. The van der Waals surface area contributed by atoms with Gasteiger partial charge in [-0.2, -0.15) is 0 Å². The number of carbonyl (C=O) groups excluding carboxylic acids is 3. The largest absolute Gasteiger partial charge is 0.548 e. The Kier molecular flexibility index (Phi) is 4.91. The second kappa shape index (κ2) is 6.04. The van der Waals surface area contributed by atoms with Crippen LogP contribution in [-0.2, 0) is 9.59 Å². The van der Waals surface area contributed by atoms with Crippen molar-refractivity contribution in [3.8, 4) is 0 Å². The van der Waals surface area contributed by atoms with Gasteiger partial charge in [0.05, 0.1) is 12.0 Å². The predicted octanol–water partition coefficient (Wildman–Crippen LogP) is 0.406. The van der Waals surface area contributed by atoms with Crippen LogP contribution < -0.4 is 10.4 Å². The van der Waals surface area contributed by atoms with Crippen LogP contribution in [0.2, 0.25) is 0 Å². The molecule has 0 aromatic heterocycles. The first-order valence-electron chi connectivity index (χ1n) is 6.80. The quantitative estimate of drug-likeness (QED) is 0.678. The molecular formula is C13H21N2O4-. The molecule has 108 valence electrons. The van der Waals surface area contributed by atoms with Crippen molar-refractivity contribution in [1.29, 1.82) is 0 Å². The monoisotopic (exact) mass is 269 g/mol. The second-order valence-corrected chi connectivity index (χ2v) is 4.93. The third-order valence-electron chi connectivity index (χ3n) is 3.52. The Morgan fingerprint density at radius 1 is 1.26 bits per heavy atom. The topological polar surface area (TPSA) is 89.5 Å². The number of carboxylic acid groups (broad SMARTS) is 1. The normalized spacial score (nSPS) is 19.4. The van der Waals surface area contributed by atoms with Crippen molar-refractivity contribution in [3.63, 3.8) is 0 Å². The van der Waals surface area contributed by atoms with Crippen molar-refractivity contribution in [3.05, 3.63) is 0 Å². The van der Waals surface area contributed by atoms with Gasteiger partial charge in [-0.25, -0.2) is 4.79 Å². The van der Waals surface area contributed by atoms with Crippen LogP contribution in [-0.4, -0.2) is 34.4 Å². The first-order chi connectivity index (χ1) is 8.93. The molecule has 3 amide bonds. The van der Waals surface area contributed by atoms with Crippen molar-refractivity contribution in [2.75, 3.05) is 0 Å². The van der Waals surface area contributed by atoms with Crippen LogP contribution in [0.4, 0.5) is 4.79 Å². The van der Waals surface area contributed by atoms with E-state index >= 15 is 0 Å². The van der Waals surface area contributed by atoms with E-state index in [-0.39, 0.29) is 6.42 Å². The number of amides is 3. The van der Waals surface area contributed by atoms with Crippen LogP contribution in [0.5, 0.6) is 0 Å². The minimum Gasteiger partial charge on any atom is -0.548 e. The van der Waals surface area contributed by atoms with Gasteiger partial charge in [-0.15, -0.1) is 0 Å². The second-order valence-electron chi connectivity index (χ2n) is 4.93. The predicted molar refractivity (Wildman–Crippen MR) is 67.0 cm³/mol. The summed E-state index contributed by atoms with van der Waals surface area (Å²) in [6, 6.07) is -1.81. The van der Waals surface area contributed by atoms with Crippen molar-refractivity contribution in [1.82, 2.24) is 10.2 Å². The fourth-order valence-corrected chi connectivity index (χ4v) is 2.70. The summed E-state index contributed by atoms with van der Waals surface area (Å²) in [7, 11) is 0. The highest BCUT2D eigenvalue weighted by molar-refractivity contribution is 6.09. The van der Waals surface area contributed by atoms with Crippen molar-refractivity contribution >= 4 is 17.9 Å². The molecule has 0 spiro atoms. The van der Waals surface area contributed by atoms with Crippen LogP contribution in [0, 0.1) is 0 Å². The van der Waals surface area contributed by atoms with Gasteiger partial charge in [0.25, 0.3) is 5.91 Å². The summed E-state index contributed by atoms with van der Waals surface area (Å²) in [4.78, 5) is 36.3. The molecule has 6 heteroatoms. The SMILES string of the molecule is CCCC1(CCC)NC(=O)N(C(CC)C(=O)[O-])C1=O. The van der Waals surface area contributed by atoms with Crippen LogP contribution in [0.1, 0.15) is 52.9 Å². The molecule has 0 saturated carbocycles. The standard InChI is InChI=1S/C13H22N2O4/c1-4-7-13(8-5-2)11(18)15(12(19)14-13)9(6-3)10(16)17/h9H,4-8H2,1-3H3,(H,14,19)(H,16,17)/p-1. The number of carboxylic acids is 1. The lowest BCUT2D eigenvalue weighted by Gasteiger charge is -2.28. The van der Waals surface area contributed by atoms with E-state index in [1.165, 1.54) is 0 Å². The lowest BCUT2D eigenvalue weighted by Crippen LogP contribution is -2.52. The minimum atomic E-state index is -1.39. The van der Waals surface area contributed by atoms with Gasteiger partial charge < -0.3 is 15.2 Å². The lowest BCUT2D eigenvalue weighted by molar-refractivity contribution is -0.310. The molecule has 0 aromatic rings. The number of hydrogen-bond donors (Lipinski definition) is 1. The maximum Gasteiger partial charge on any atom is 0.325 e. The van der Waals surface area contributed by atoms with Gasteiger partial charge in [-0.1, -0.05) is 33.6 Å². The molecule has 0 aliphatic carbocycles. The van der Waals surface area contributed by atoms with Gasteiger partial charge >= 0.3 is 6.03 Å². The van der Waals surface area contributed by atoms with E-state index in [9.17, 15) is 19.5 Å². The molecule has 1 saturated heterocycles. The summed E-state index contributed by atoms with van der Waals surface area (Å²) < 4.78 is 0. The Bertz CT molecular complexity index is 375. The van der Waals surface area contributed by atoms with Gasteiger partial charge in [0, 0.05) is 0 Å². The Hall–Kier alpha value is -1.59. The van der Waals surface area contributed by atoms with Crippen molar-refractivity contribution in [2.45, 2.75) is 64.5 Å². The highest BCUT2D eigenvalue weighted by Gasteiger charge is 2.51. The van der Waals surface area contributed by atoms with E-state index in [0.717, 1.165) is 17.7 Å². The van der Waals surface area contributed by atoms with Gasteiger partial charge in [0.2, 0.25) is 0 Å². The molecule has 1 rings (SSSR count). The van der Waals surface area contributed by atoms with E-state index in [4.69, 9.17) is 0 Å². The summed E-state index contributed by atoms with van der Waals surface area (Å²) in [6.07, 6.45) is 2.66. The molecule has 19 heavy (non-hydrogen) atoms. The number of carbonyl (C=O) groups is 3. The minimum absolute atomic E-state index is 0.149. The Labute approximate surface area is 113 Å². The van der Waals surface area contributed by atoms with E-state index in [0.29, 0.717) is 12.8 Å². The zero-order valence-corrected chi connectivity index (χ0v) is 11.7. The average Bonchev–Trinajstić information content (AvgIpc) is 2.55. The van der Waals surface area contributed by atoms with Crippen molar-refractivity contribution < 1.29 is 19.5 Å².